The van der Waals surface area contributed by atoms with Crippen molar-refractivity contribution < 1.29 is 32.7 Å². The van der Waals surface area contributed by atoms with Crippen LogP contribution in [0.25, 0.3) is 10.9 Å². The van der Waals surface area contributed by atoms with Crippen molar-refractivity contribution in [1.29, 1.82) is 0 Å². The smallest absolute Gasteiger partial charge is 0.141 e. The standard InChI is InChI=1S/C18H19N3.CH3.Y/c1-13(2)10-14-8-9-17-16(11-14)18(20-12-19-17)21-15-6-4-3-5-7-15;;/h3-9,11-13H,10H2,1-2H3,(H,19,20,21);1H3;/q;-1;. The number of rotatable bonds is 4. The van der Waals surface area contributed by atoms with Gasteiger partial charge >= 0.3 is 0 Å². The SMILES string of the molecule is CC(C)Cc1ccc2ncnc(Nc3ccccc3)c2c1.[CH3-].[Y]. The molecule has 3 aromatic rings. The summed E-state index contributed by atoms with van der Waals surface area (Å²) in [5, 5.41) is 4.45. The van der Waals surface area contributed by atoms with E-state index >= 15 is 0 Å². The molecule has 0 bridgehead atoms. The molecule has 0 spiro atoms. The van der Waals surface area contributed by atoms with Gasteiger partial charge in [0.1, 0.15) is 12.1 Å². The van der Waals surface area contributed by atoms with Crippen LogP contribution in [0.2, 0.25) is 0 Å². The van der Waals surface area contributed by atoms with Crippen molar-refractivity contribution >= 4 is 22.4 Å². The molecule has 3 nitrogen and oxygen atoms in total. The van der Waals surface area contributed by atoms with Gasteiger partial charge in [0, 0.05) is 43.8 Å². The second-order valence-electron chi connectivity index (χ2n) is 5.66. The molecule has 1 radical (unpaired) electrons. The van der Waals surface area contributed by atoms with E-state index in [9.17, 15) is 0 Å². The summed E-state index contributed by atoms with van der Waals surface area (Å²) in [7, 11) is 0. The van der Waals surface area contributed by atoms with Crippen LogP contribution in [-0.4, -0.2) is 9.97 Å². The largest absolute Gasteiger partial charge is 0.358 e. The molecule has 2 aromatic carbocycles. The zero-order valence-electron chi connectivity index (χ0n) is 14.0. The Balaban J connectivity index is 0.00000132. The fourth-order valence-electron chi connectivity index (χ4n) is 2.46. The summed E-state index contributed by atoms with van der Waals surface area (Å²) >= 11 is 0. The van der Waals surface area contributed by atoms with Gasteiger partial charge in [0.25, 0.3) is 0 Å². The molecule has 3 rings (SSSR count). The van der Waals surface area contributed by atoms with E-state index in [0.717, 1.165) is 28.8 Å². The van der Waals surface area contributed by atoms with E-state index in [-0.39, 0.29) is 40.1 Å². The molecule has 0 aliphatic rings. The van der Waals surface area contributed by atoms with Crippen LogP contribution in [0, 0.1) is 13.3 Å². The van der Waals surface area contributed by atoms with Crippen molar-refractivity contribution in [3.05, 3.63) is 67.8 Å². The molecular formula is C19H22N3Y-. The third-order valence-electron chi connectivity index (χ3n) is 3.38. The van der Waals surface area contributed by atoms with Gasteiger partial charge < -0.3 is 12.7 Å². The zero-order valence-corrected chi connectivity index (χ0v) is 16.8. The minimum Gasteiger partial charge on any atom is -0.358 e. The molecule has 4 heteroatoms. The van der Waals surface area contributed by atoms with E-state index in [1.807, 2.05) is 30.3 Å². The van der Waals surface area contributed by atoms with E-state index in [1.165, 1.54) is 5.56 Å². The first kappa shape index (κ1) is 19.7. The number of nitrogens with zero attached hydrogens (tertiary/aromatic N) is 2. The first-order valence-corrected chi connectivity index (χ1v) is 7.28. The van der Waals surface area contributed by atoms with E-state index in [1.54, 1.807) is 6.33 Å². The van der Waals surface area contributed by atoms with Gasteiger partial charge in [-0.3, -0.25) is 0 Å². The van der Waals surface area contributed by atoms with Crippen LogP contribution in [0.4, 0.5) is 11.5 Å². The predicted molar refractivity (Wildman–Crippen MR) is 94.2 cm³/mol. The van der Waals surface area contributed by atoms with Crippen LogP contribution >= 0.6 is 0 Å². The van der Waals surface area contributed by atoms with Gasteiger partial charge in [-0.1, -0.05) is 38.1 Å². The van der Waals surface area contributed by atoms with Gasteiger partial charge in [-0.05, 0) is 42.2 Å². The number of nitrogens with one attached hydrogen (secondary N) is 1. The Bertz CT molecular complexity index is 742. The molecule has 1 N–H and O–H groups in total. The fraction of sp³-hybridized carbons (Fsp3) is 0.211. The molecule has 0 aliphatic heterocycles. The predicted octanol–water partition coefficient (Wildman–Crippen LogP) is 5.02. The molecule has 0 fully saturated rings. The van der Waals surface area contributed by atoms with Crippen LogP contribution < -0.4 is 5.32 Å². The van der Waals surface area contributed by atoms with Gasteiger partial charge in [-0.15, -0.1) is 0 Å². The van der Waals surface area contributed by atoms with Gasteiger partial charge in [-0.2, -0.15) is 0 Å². The minimum absolute atomic E-state index is 0. The Morgan fingerprint density at radius 2 is 1.74 bits per heavy atom. The van der Waals surface area contributed by atoms with Crippen molar-refractivity contribution in [1.82, 2.24) is 9.97 Å². The number of para-hydroxylation sites is 1. The van der Waals surface area contributed by atoms with Crippen molar-refractivity contribution in [2.24, 2.45) is 5.92 Å². The van der Waals surface area contributed by atoms with Gasteiger partial charge in [0.2, 0.25) is 0 Å². The summed E-state index contributed by atoms with van der Waals surface area (Å²) in [6, 6.07) is 16.5. The third kappa shape index (κ3) is 5.08. The molecule has 0 saturated carbocycles. The number of hydrogen-bond donors (Lipinski definition) is 1. The van der Waals surface area contributed by atoms with Crippen molar-refractivity contribution in [3.63, 3.8) is 0 Å². The Labute approximate surface area is 163 Å². The van der Waals surface area contributed by atoms with E-state index in [0.29, 0.717) is 5.92 Å². The maximum absolute atomic E-state index is 4.40. The first-order valence-electron chi connectivity index (χ1n) is 7.28. The van der Waals surface area contributed by atoms with Gasteiger partial charge in [0.05, 0.1) is 5.52 Å². The summed E-state index contributed by atoms with van der Waals surface area (Å²) in [5.41, 5.74) is 3.33. The summed E-state index contributed by atoms with van der Waals surface area (Å²) in [5.74, 6) is 1.49. The molecule has 1 aromatic heterocycles. The Morgan fingerprint density at radius 3 is 2.43 bits per heavy atom. The molecule has 117 valence electrons. The van der Waals surface area contributed by atoms with Crippen LogP contribution in [0.1, 0.15) is 19.4 Å². The molecule has 23 heavy (non-hydrogen) atoms. The van der Waals surface area contributed by atoms with Crippen LogP contribution in [0.5, 0.6) is 0 Å². The van der Waals surface area contributed by atoms with Gasteiger partial charge in [0.15, 0.2) is 0 Å². The van der Waals surface area contributed by atoms with Crippen LogP contribution in [-0.2, 0) is 39.1 Å². The number of anilines is 2. The van der Waals surface area contributed by atoms with Crippen molar-refractivity contribution in [2.45, 2.75) is 20.3 Å². The average Bonchev–Trinajstić information content (AvgIpc) is 2.48. The fourth-order valence-corrected chi connectivity index (χ4v) is 2.46. The zero-order chi connectivity index (χ0) is 14.7. The summed E-state index contributed by atoms with van der Waals surface area (Å²) in [6.45, 7) is 4.46. The Morgan fingerprint density at radius 1 is 1.00 bits per heavy atom. The molecular weight excluding hydrogens is 359 g/mol. The van der Waals surface area contributed by atoms with E-state index in [4.69, 9.17) is 0 Å². The molecule has 0 atom stereocenters. The number of benzene rings is 2. The van der Waals surface area contributed by atoms with Crippen molar-refractivity contribution in [3.8, 4) is 0 Å². The van der Waals surface area contributed by atoms with Crippen LogP contribution in [0.3, 0.4) is 0 Å². The number of aromatic nitrogens is 2. The summed E-state index contributed by atoms with van der Waals surface area (Å²) < 4.78 is 0. The quantitative estimate of drug-likeness (QED) is 0.645. The average molecular weight is 381 g/mol. The normalized spacial score (nSPS) is 10.0. The molecule has 0 aliphatic carbocycles. The maximum atomic E-state index is 4.40. The number of hydrogen-bond acceptors (Lipinski definition) is 3. The second-order valence-corrected chi connectivity index (χ2v) is 5.66. The second kappa shape index (κ2) is 9.10. The maximum Gasteiger partial charge on any atom is 0.141 e. The Kier molecular flexibility index (Phi) is 7.80. The van der Waals surface area contributed by atoms with Crippen LogP contribution in [0.15, 0.2) is 54.9 Å². The van der Waals surface area contributed by atoms with E-state index in [2.05, 4.69) is 47.3 Å². The molecule has 0 amide bonds. The first-order chi connectivity index (χ1) is 10.2. The molecule has 0 unspecified atom stereocenters. The summed E-state index contributed by atoms with van der Waals surface area (Å²) in [4.78, 5) is 8.75. The molecule has 0 saturated heterocycles. The monoisotopic (exact) mass is 381 g/mol. The van der Waals surface area contributed by atoms with E-state index < -0.39 is 0 Å². The third-order valence-corrected chi connectivity index (χ3v) is 3.38. The molecule has 1 heterocycles. The van der Waals surface area contributed by atoms with Gasteiger partial charge in [-0.25, -0.2) is 9.97 Å². The topological polar surface area (TPSA) is 37.8 Å². The minimum atomic E-state index is 0. The Hall–Kier alpha value is -1.32. The van der Waals surface area contributed by atoms with Crippen molar-refractivity contribution in [2.75, 3.05) is 5.32 Å². The summed E-state index contributed by atoms with van der Waals surface area (Å²) in [6.07, 6.45) is 2.67. The number of fused-ring (bicyclic) bond motifs is 1.